The number of carboxylic acid groups (broad SMARTS) is 1. The third-order valence-electron chi connectivity index (χ3n) is 2.31. The molecule has 0 bridgehead atoms. The minimum absolute atomic E-state index is 0.00818. The first-order chi connectivity index (χ1) is 8.11. The molecule has 1 atom stereocenters. The number of terminal acetylenes is 1. The summed E-state index contributed by atoms with van der Waals surface area (Å²) in [5.74, 6) is 0.868. The summed E-state index contributed by atoms with van der Waals surface area (Å²) in [4.78, 5) is 22.1. The van der Waals surface area contributed by atoms with Gasteiger partial charge in [0, 0.05) is 12.8 Å². The van der Waals surface area contributed by atoms with Gasteiger partial charge in [-0.15, -0.1) is 12.3 Å². The average Bonchev–Trinajstić information content (AvgIpc) is 2.28. The summed E-state index contributed by atoms with van der Waals surface area (Å²) in [5.41, 5.74) is 5.34. The zero-order chi connectivity index (χ0) is 13.1. The van der Waals surface area contributed by atoms with Crippen LogP contribution >= 0.6 is 0 Å². The highest BCUT2D eigenvalue weighted by atomic mass is 16.4. The number of carbonyl (C=O) groups excluding carboxylic acids is 1. The number of carbonyl (C=O) groups is 2. The number of amides is 1. The molecular weight excluding hydrogens is 220 g/mol. The minimum Gasteiger partial charge on any atom is -0.480 e. The normalized spacial score (nSPS) is 11.5. The van der Waals surface area contributed by atoms with Gasteiger partial charge < -0.3 is 16.2 Å². The van der Waals surface area contributed by atoms with Crippen LogP contribution in [-0.4, -0.2) is 29.6 Å². The van der Waals surface area contributed by atoms with Gasteiger partial charge in [0.1, 0.15) is 6.04 Å². The Kier molecular flexibility index (Phi) is 8.79. The van der Waals surface area contributed by atoms with Gasteiger partial charge in [-0.05, 0) is 19.4 Å². The number of rotatable bonds is 9. The summed E-state index contributed by atoms with van der Waals surface area (Å²) in [6.07, 6.45) is 8.99. The van der Waals surface area contributed by atoms with E-state index in [1.165, 1.54) is 0 Å². The lowest BCUT2D eigenvalue weighted by molar-refractivity contribution is -0.141. The molecule has 0 spiro atoms. The summed E-state index contributed by atoms with van der Waals surface area (Å²) in [7, 11) is 0. The van der Waals surface area contributed by atoms with Crippen LogP contribution in [0, 0.1) is 12.3 Å². The maximum atomic E-state index is 11.4. The second kappa shape index (κ2) is 9.67. The number of hydrogen-bond acceptors (Lipinski definition) is 3. The Hall–Kier alpha value is -1.54. The van der Waals surface area contributed by atoms with Crippen LogP contribution in [0.1, 0.15) is 38.5 Å². The number of carboxylic acids is 1. The van der Waals surface area contributed by atoms with E-state index in [-0.39, 0.29) is 12.3 Å². The van der Waals surface area contributed by atoms with E-state index in [0.717, 1.165) is 25.7 Å². The van der Waals surface area contributed by atoms with E-state index in [4.69, 9.17) is 17.3 Å². The van der Waals surface area contributed by atoms with Gasteiger partial charge >= 0.3 is 5.97 Å². The summed E-state index contributed by atoms with van der Waals surface area (Å²) in [6.45, 7) is 0.662. The third-order valence-corrected chi connectivity index (χ3v) is 2.31. The Morgan fingerprint density at radius 2 is 1.94 bits per heavy atom. The largest absolute Gasteiger partial charge is 0.480 e. The van der Waals surface area contributed by atoms with Crippen molar-refractivity contribution in [3.8, 4) is 12.3 Å². The summed E-state index contributed by atoms with van der Waals surface area (Å²) in [6, 6.07) is -0.975. The Balaban J connectivity index is 3.76. The topological polar surface area (TPSA) is 92.4 Å². The van der Waals surface area contributed by atoms with E-state index in [0.29, 0.717) is 13.0 Å². The van der Waals surface area contributed by atoms with Crippen molar-refractivity contribution in [3.05, 3.63) is 0 Å². The summed E-state index contributed by atoms with van der Waals surface area (Å²) >= 11 is 0. The summed E-state index contributed by atoms with van der Waals surface area (Å²) in [5, 5.41) is 11.2. The molecule has 0 aliphatic carbocycles. The van der Waals surface area contributed by atoms with Crippen molar-refractivity contribution >= 4 is 11.9 Å². The number of nitrogens with one attached hydrogen (secondary N) is 1. The lowest BCUT2D eigenvalue weighted by Gasteiger charge is -2.11. The van der Waals surface area contributed by atoms with E-state index < -0.39 is 12.0 Å². The van der Waals surface area contributed by atoms with Crippen molar-refractivity contribution < 1.29 is 14.7 Å². The molecule has 0 aliphatic heterocycles. The van der Waals surface area contributed by atoms with Crippen molar-refractivity contribution in [3.63, 3.8) is 0 Å². The minimum atomic E-state index is -1.10. The van der Waals surface area contributed by atoms with Crippen molar-refractivity contribution in [2.24, 2.45) is 5.73 Å². The molecule has 0 aromatic carbocycles. The van der Waals surface area contributed by atoms with Crippen LogP contribution in [-0.2, 0) is 9.59 Å². The number of nitrogens with two attached hydrogens (primary N) is 1. The van der Waals surface area contributed by atoms with E-state index in [1.54, 1.807) is 0 Å². The molecule has 0 saturated heterocycles. The van der Waals surface area contributed by atoms with Gasteiger partial charge in [-0.25, -0.2) is 4.79 Å². The van der Waals surface area contributed by atoms with Gasteiger partial charge in [0.15, 0.2) is 0 Å². The molecule has 1 amide bonds. The fourth-order valence-corrected chi connectivity index (χ4v) is 1.37. The first-order valence-electron chi connectivity index (χ1n) is 5.77. The van der Waals surface area contributed by atoms with E-state index >= 15 is 0 Å². The molecule has 5 nitrogen and oxygen atoms in total. The molecule has 5 heteroatoms. The molecule has 1 unspecified atom stereocenters. The van der Waals surface area contributed by atoms with Crippen LogP contribution in [0.2, 0.25) is 0 Å². The van der Waals surface area contributed by atoms with Crippen molar-refractivity contribution in [2.75, 3.05) is 6.54 Å². The number of unbranched alkanes of at least 4 members (excludes halogenated alkanes) is 3. The fraction of sp³-hybridized carbons (Fsp3) is 0.667. The smallest absolute Gasteiger partial charge is 0.327 e. The van der Waals surface area contributed by atoms with Gasteiger partial charge in [0.2, 0.25) is 5.91 Å². The standard InChI is InChI=1S/C12H20N2O3/c1-2-7-10(12(16)17)14-11(15)8-5-3-4-6-9-13/h1,10H,3-9,13H2,(H,14,15)(H,16,17). The highest BCUT2D eigenvalue weighted by molar-refractivity contribution is 5.83. The van der Waals surface area contributed by atoms with Crippen LogP contribution in [0.3, 0.4) is 0 Å². The van der Waals surface area contributed by atoms with E-state index in [9.17, 15) is 9.59 Å². The molecule has 0 heterocycles. The van der Waals surface area contributed by atoms with Crippen LogP contribution in [0.4, 0.5) is 0 Å². The van der Waals surface area contributed by atoms with Crippen LogP contribution in [0.5, 0.6) is 0 Å². The predicted molar refractivity (Wildman–Crippen MR) is 65.2 cm³/mol. The van der Waals surface area contributed by atoms with Crippen LogP contribution in [0.15, 0.2) is 0 Å². The maximum Gasteiger partial charge on any atom is 0.327 e. The Bertz CT molecular complexity index is 284. The first kappa shape index (κ1) is 15.5. The van der Waals surface area contributed by atoms with Gasteiger partial charge in [-0.2, -0.15) is 0 Å². The zero-order valence-corrected chi connectivity index (χ0v) is 9.95. The second-order valence-electron chi connectivity index (χ2n) is 3.82. The van der Waals surface area contributed by atoms with Crippen LogP contribution in [0.25, 0.3) is 0 Å². The number of aliphatic carboxylic acids is 1. The van der Waals surface area contributed by atoms with Gasteiger partial charge in [-0.1, -0.05) is 12.8 Å². The number of hydrogen-bond donors (Lipinski definition) is 3. The van der Waals surface area contributed by atoms with E-state index in [2.05, 4.69) is 11.2 Å². The highest BCUT2D eigenvalue weighted by Gasteiger charge is 2.17. The first-order valence-corrected chi connectivity index (χ1v) is 5.77. The second-order valence-corrected chi connectivity index (χ2v) is 3.82. The van der Waals surface area contributed by atoms with Crippen molar-refractivity contribution in [2.45, 2.75) is 44.6 Å². The average molecular weight is 240 g/mol. The molecule has 0 aromatic rings. The monoisotopic (exact) mass is 240 g/mol. The SMILES string of the molecule is C#CCC(NC(=O)CCCCCCN)C(=O)O. The zero-order valence-electron chi connectivity index (χ0n) is 9.95. The molecule has 0 fully saturated rings. The van der Waals surface area contributed by atoms with E-state index in [1.807, 2.05) is 0 Å². The Morgan fingerprint density at radius 3 is 2.47 bits per heavy atom. The van der Waals surface area contributed by atoms with Crippen molar-refractivity contribution in [1.82, 2.24) is 5.32 Å². The summed E-state index contributed by atoms with van der Waals surface area (Å²) < 4.78 is 0. The van der Waals surface area contributed by atoms with Crippen molar-refractivity contribution in [1.29, 1.82) is 0 Å². The molecule has 0 radical (unpaired) electrons. The molecule has 0 aliphatic rings. The molecule has 0 saturated carbocycles. The lowest BCUT2D eigenvalue weighted by atomic mass is 10.1. The quantitative estimate of drug-likeness (QED) is 0.404. The van der Waals surface area contributed by atoms with Gasteiger partial charge in [-0.3, -0.25) is 4.79 Å². The molecular formula is C12H20N2O3. The van der Waals surface area contributed by atoms with Gasteiger partial charge in [0.25, 0.3) is 0 Å². The molecule has 17 heavy (non-hydrogen) atoms. The Morgan fingerprint density at radius 1 is 1.29 bits per heavy atom. The van der Waals surface area contributed by atoms with Crippen LogP contribution < -0.4 is 11.1 Å². The molecule has 0 aromatic heterocycles. The fourth-order valence-electron chi connectivity index (χ4n) is 1.37. The highest BCUT2D eigenvalue weighted by Crippen LogP contribution is 2.02. The molecule has 4 N–H and O–H groups in total. The predicted octanol–water partition coefficient (Wildman–Crippen LogP) is 0.488. The molecule has 96 valence electrons. The molecule has 0 rings (SSSR count). The lowest BCUT2D eigenvalue weighted by Crippen LogP contribution is -2.40. The maximum absolute atomic E-state index is 11.4. The van der Waals surface area contributed by atoms with Gasteiger partial charge in [0.05, 0.1) is 0 Å². The Labute approximate surface area is 102 Å². The third kappa shape index (κ3) is 8.29.